The van der Waals surface area contributed by atoms with Crippen LogP contribution in [0, 0.1) is 11.2 Å². The van der Waals surface area contributed by atoms with Crippen molar-refractivity contribution in [3.63, 3.8) is 0 Å². The molecule has 0 bridgehead atoms. The highest BCUT2D eigenvalue weighted by Crippen LogP contribution is 2.32. The van der Waals surface area contributed by atoms with Crippen LogP contribution in [0.3, 0.4) is 0 Å². The highest BCUT2D eigenvalue weighted by molar-refractivity contribution is 8.14. The lowest BCUT2D eigenvalue weighted by Crippen LogP contribution is -2.43. The van der Waals surface area contributed by atoms with Gasteiger partial charge in [-0.2, -0.15) is 5.10 Å². The zero-order valence-corrected chi connectivity index (χ0v) is 16.0. The number of aromatic nitrogens is 2. The number of halogens is 2. The molecule has 0 aromatic carbocycles. The Kier molecular flexibility index (Phi) is 5.67. The summed E-state index contributed by atoms with van der Waals surface area (Å²) in [4.78, 5) is 3.64. The largest absolute Gasteiger partial charge is 0.367 e. The first-order chi connectivity index (χ1) is 12.4. The van der Waals surface area contributed by atoms with E-state index in [1.54, 1.807) is 18.0 Å². The van der Waals surface area contributed by atoms with Gasteiger partial charge in [-0.15, -0.1) is 0 Å². The van der Waals surface area contributed by atoms with Crippen molar-refractivity contribution >= 4 is 33.8 Å². The first kappa shape index (κ1) is 18.9. The maximum Gasteiger partial charge on any atom is 0.164 e. The maximum atomic E-state index is 14.6. The minimum Gasteiger partial charge on any atom is -0.367 e. The van der Waals surface area contributed by atoms with Gasteiger partial charge in [0.1, 0.15) is 5.50 Å². The number of piperazine rings is 1. The third-order valence-corrected chi connectivity index (χ3v) is 5.27. The number of hydrogen-bond acceptors (Lipinski definition) is 5. The highest BCUT2D eigenvalue weighted by atomic mass is 32.2. The van der Waals surface area contributed by atoms with Gasteiger partial charge in [0.2, 0.25) is 0 Å². The number of alkyl halides is 1. The molecule has 26 heavy (non-hydrogen) atoms. The number of nitrogens with zero attached hydrogens (tertiary/aromatic N) is 4. The molecule has 2 aromatic rings. The SMILES string of the molecule is CCc1nn2cc(F)c(N3CCNCC3)cc2c1N(C)C(=N)SC(C)F. The first-order valence-corrected chi connectivity index (χ1v) is 9.59. The zero-order chi connectivity index (χ0) is 18.8. The predicted octanol–water partition coefficient (Wildman–Crippen LogP) is 2.87. The second kappa shape index (κ2) is 7.79. The van der Waals surface area contributed by atoms with Crippen LogP contribution in [0.1, 0.15) is 19.5 Å². The summed E-state index contributed by atoms with van der Waals surface area (Å²) in [6, 6.07) is 1.79. The Bertz CT molecular complexity index is 800. The molecule has 6 nitrogen and oxygen atoms in total. The molecule has 0 saturated carbocycles. The van der Waals surface area contributed by atoms with E-state index in [2.05, 4.69) is 10.4 Å². The molecule has 1 saturated heterocycles. The summed E-state index contributed by atoms with van der Waals surface area (Å²) >= 11 is 0.837. The van der Waals surface area contributed by atoms with Crippen molar-refractivity contribution in [2.45, 2.75) is 25.8 Å². The fourth-order valence-electron chi connectivity index (χ4n) is 3.18. The van der Waals surface area contributed by atoms with Crippen molar-refractivity contribution in [3.8, 4) is 0 Å². The second-order valence-corrected chi connectivity index (χ2v) is 7.52. The number of pyridine rings is 1. The van der Waals surface area contributed by atoms with Gasteiger partial charge in [0, 0.05) is 33.2 Å². The number of fused-ring (bicyclic) bond motifs is 1. The van der Waals surface area contributed by atoms with Crippen LogP contribution >= 0.6 is 11.8 Å². The van der Waals surface area contributed by atoms with Gasteiger partial charge >= 0.3 is 0 Å². The first-order valence-electron chi connectivity index (χ1n) is 8.71. The fraction of sp³-hybridized carbons (Fsp3) is 0.529. The Labute approximate surface area is 156 Å². The molecule has 1 atom stereocenters. The zero-order valence-electron chi connectivity index (χ0n) is 15.2. The third kappa shape index (κ3) is 3.64. The number of amidine groups is 1. The Hall–Kier alpha value is -1.87. The molecular formula is C17H24F2N6S. The van der Waals surface area contributed by atoms with Crippen LogP contribution in [-0.2, 0) is 6.42 Å². The lowest BCUT2D eigenvalue weighted by molar-refractivity contribution is 0.485. The molecule has 1 aliphatic heterocycles. The van der Waals surface area contributed by atoms with Crippen LogP contribution in [-0.4, -0.2) is 53.5 Å². The molecule has 1 unspecified atom stereocenters. The number of aryl methyl sites for hydroxylation is 1. The molecule has 3 rings (SSSR count). The van der Waals surface area contributed by atoms with Gasteiger partial charge in [-0.1, -0.05) is 18.7 Å². The van der Waals surface area contributed by atoms with E-state index < -0.39 is 5.50 Å². The van der Waals surface area contributed by atoms with Crippen LogP contribution < -0.4 is 15.1 Å². The number of nitrogens with one attached hydrogen (secondary N) is 2. The van der Waals surface area contributed by atoms with E-state index in [0.29, 0.717) is 12.1 Å². The summed E-state index contributed by atoms with van der Waals surface area (Å²) in [7, 11) is 1.72. The molecule has 0 aliphatic carbocycles. The normalized spacial score (nSPS) is 16.1. The van der Waals surface area contributed by atoms with Gasteiger partial charge in [-0.25, -0.2) is 13.3 Å². The Balaban J connectivity index is 2.07. The van der Waals surface area contributed by atoms with E-state index in [1.807, 2.05) is 11.8 Å². The smallest absolute Gasteiger partial charge is 0.164 e. The molecule has 0 spiro atoms. The summed E-state index contributed by atoms with van der Waals surface area (Å²) in [5.41, 5.74) is 1.55. The van der Waals surface area contributed by atoms with Gasteiger partial charge in [-0.05, 0) is 19.4 Å². The molecule has 0 amide bonds. The molecule has 142 valence electrons. The van der Waals surface area contributed by atoms with E-state index in [0.717, 1.165) is 54.8 Å². The summed E-state index contributed by atoms with van der Waals surface area (Å²) < 4.78 is 29.5. The standard InChI is InChI=1S/C17H24F2N6S/c1-4-13-16(23(3)17(20)26-11(2)18)15-9-14(12(19)10-25(15)22-13)24-7-5-21-6-8-24/h9-11,20-21H,4-8H2,1-3H3. The summed E-state index contributed by atoms with van der Waals surface area (Å²) in [5, 5.41) is 16.0. The second-order valence-electron chi connectivity index (χ2n) is 6.25. The van der Waals surface area contributed by atoms with Crippen molar-refractivity contribution in [3.05, 3.63) is 23.8 Å². The van der Waals surface area contributed by atoms with E-state index in [4.69, 9.17) is 5.41 Å². The van der Waals surface area contributed by atoms with Crippen molar-refractivity contribution < 1.29 is 8.78 Å². The van der Waals surface area contributed by atoms with Crippen LogP contribution in [0.2, 0.25) is 0 Å². The van der Waals surface area contributed by atoms with Gasteiger partial charge in [0.15, 0.2) is 11.0 Å². The van der Waals surface area contributed by atoms with Crippen LogP contribution in [0.4, 0.5) is 20.2 Å². The number of hydrogen-bond donors (Lipinski definition) is 2. The van der Waals surface area contributed by atoms with E-state index in [1.165, 1.54) is 17.6 Å². The van der Waals surface area contributed by atoms with Gasteiger partial charge < -0.3 is 15.1 Å². The average molecular weight is 382 g/mol. The average Bonchev–Trinajstić information content (AvgIpc) is 2.97. The van der Waals surface area contributed by atoms with Crippen LogP contribution in [0.25, 0.3) is 5.52 Å². The van der Waals surface area contributed by atoms with Crippen molar-refractivity contribution in [2.24, 2.45) is 0 Å². The van der Waals surface area contributed by atoms with Gasteiger partial charge in [-0.3, -0.25) is 5.41 Å². The van der Waals surface area contributed by atoms with Crippen molar-refractivity contribution in [1.82, 2.24) is 14.9 Å². The molecule has 3 heterocycles. The molecule has 0 radical (unpaired) electrons. The predicted molar refractivity (Wildman–Crippen MR) is 104 cm³/mol. The highest BCUT2D eigenvalue weighted by Gasteiger charge is 2.23. The quantitative estimate of drug-likeness (QED) is 0.629. The number of anilines is 2. The van der Waals surface area contributed by atoms with Crippen LogP contribution in [0.5, 0.6) is 0 Å². The minimum absolute atomic E-state index is 0.0950. The summed E-state index contributed by atoms with van der Waals surface area (Å²) in [6.07, 6.45) is 2.02. The lowest BCUT2D eigenvalue weighted by Gasteiger charge is -2.30. The van der Waals surface area contributed by atoms with E-state index in [-0.39, 0.29) is 11.0 Å². The van der Waals surface area contributed by atoms with Crippen molar-refractivity contribution in [1.29, 1.82) is 5.41 Å². The molecular weight excluding hydrogens is 358 g/mol. The van der Waals surface area contributed by atoms with Gasteiger partial charge in [0.25, 0.3) is 0 Å². The summed E-state index contributed by atoms with van der Waals surface area (Å²) in [6.45, 7) is 6.46. The van der Waals surface area contributed by atoms with E-state index >= 15 is 0 Å². The third-order valence-electron chi connectivity index (χ3n) is 4.45. The molecule has 9 heteroatoms. The number of rotatable bonds is 4. The van der Waals surface area contributed by atoms with Crippen LogP contribution in [0.15, 0.2) is 12.3 Å². The topological polar surface area (TPSA) is 59.7 Å². The molecule has 1 fully saturated rings. The molecule has 2 N–H and O–H groups in total. The Morgan fingerprint density at radius 3 is 2.77 bits per heavy atom. The number of thioether (sulfide) groups is 1. The lowest BCUT2D eigenvalue weighted by atomic mass is 10.2. The minimum atomic E-state index is -1.18. The maximum absolute atomic E-state index is 14.6. The van der Waals surface area contributed by atoms with Gasteiger partial charge in [0.05, 0.1) is 28.8 Å². The Morgan fingerprint density at radius 2 is 2.15 bits per heavy atom. The Morgan fingerprint density at radius 1 is 1.46 bits per heavy atom. The van der Waals surface area contributed by atoms with Crippen molar-refractivity contribution in [2.75, 3.05) is 43.0 Å². The fourth-order valence-corrected chi connectivity index (χ4v) is 3.74. The molecule has 1 aliphatic rings. The summed E-state index contributed by atoms with van der Waals surface area (Å²) in [5.74, 6) is -0.319. The van der Waals surface area contributed by atoms with E-state index in [9.17, 15) is 8.78 Å². The monoisotopic (exact) mass is 382 g/mol. The molecule has 2 aromatic heterocycles.